The van der Waals surface area contributed by atoms with Crippen molar-refractivity contribution >= 4 is 17.5 Å². The van der Waals surface area contributed by atoms with Crippen molar-refractivity contribution in [1.29, 1.82) is 0 Å². The van der Waals surface area contributed by atoms with Gasteiger partial charge in [0.1, 0.15) is 0 Å². The molecule has 4 rings (SSSR count). The van der Waals surface area contributed by atoms with Gasteiger partial charge in [-0.15, -0.1) is 0 Å². The van der Waals surface area contributed by atoms with Gasteiger partial charge in [0.15, 0.2) is 11.5 Å². The lowest BCUT2D eigenvalue weighted by molar-refractivity contribution is -0.134. The Morgan fingerprint density at radius 2 is 2.00 bits per heavy atom. The van der Waals surface area contributed by atoms with E-state index in [4.69, 9.17) is 9.47 Å². The lowest BCUT2D eigenvalue weighted by Gasteiger charge is -2.28. The van der Waals surface area contributed by atoms with Crippen LogP contribution in [-0.4, -0.2) is 30.6 Å². The molecular formula is C19H18N2O4. The Balaban J connectivity index is 1.53. The molecule has 6 heteroatoms. The Morgan fingerprint density at radius 1 is 1.20 bits per heavy atom. The van der Waals surface area contributed by atoms with Gasteiger partial charge in [-0.1, -0.05) is 24.3 Å². The molecule has 0 fully saturated rings. The molecule has 0 aromatic heterocycles. The third-order valence-corrected chi connectivity index (χ3v) is 4.53. The van der Waals surface area contributed by atoms with Crippen LogP contribution in [0.3, 0.4) is 0 Å². The molecule has 2 aliphatic rings. The number of carbonyl (C=O) groups is 2. The number of hydrogen-bond acceptors (Lipinski definition) is 4. The number of rotatable bonds is 3. The first-order chi connectivity index (χ1) is 12.1. The lowest BCUT2D eigenvalue weighted by atomic mass is 9.89. The first-order valence-electron chi connectivity index (χ1n) is 8.14. The van der Waals surface area contributed by atoms with Gasteiger partial charge in [-0.3, -0.25) is 9.59 Å². The molecule has 1 atom stereocenters. The van der Waals surface area contributed by atoms with Crippen LogP contribution < -0.4 is 14.8 Å². The normalized spacial score (nSPS) is 17.6. The summed E-state index contributed by atoms with van der Waals surface area (Å²) >= 11 is 0. The van der Waals surface area contributed by atoms with E-state index in [-0.39, 0.29) is 25.0 Å². The molecule has 2 amide bonds. The average Bonchev–Trinajstić information content (AvgIpc) is 3.08. The van der Waals surface area contributed by atoms with Crippen LogP contribution in [0.25, 0.3) is 0 Å². The van der Waals surface area contributed by atoms with Crippen LogP contribution in [0.2, 0.25) is 0 Å². The molecule has 6 nitrogen and oxygen atoms in total. The van der Waals surface area contributed by atoms with Crippen molar-refractivity contribution in [2.45, 2.75) is 18.9 Å². The Labute approximate surface area is 145 Å². The van der Waals surface area contributed by atoms with Crippen LogP contribution in [0.1, 0.15) is 23.5 Å². The molecule has 0 saturated carbocycles. The second-order valence-electron chi connectivity index (χ2n) is 6.27. The number of hydrogen-bond donors (Lipinski definition) is 1. The molecule has 0 spiro atoms. The van der Waals surface area contributed by atoms with Crippen molar-refractivity contribution in [2.75, 3.05) is 19.2 Å². The van der Waals surface area contributed by atoms with Gasteiger partial charge in [-0.2, -0.15) is 0 Å². The SMILES string of the molecule is CN(Cc1ccc2c(c1)OCO2)C(=O)[C@H]1CC(=O)Nc2ccccc21. The molecule has 2 aliphatic heterocycles. The molecule has 0 saturated heterocycles. The topological polar surface area (TPSA) is 67.9 Å². The second kappa shape index (κ2) is 6.12. The summed E-state index contributed by atoms with van der Waals surface area (Å²) in [7, 11) is 1.75. The van der Waals surface area contributed by atoms with E-state index >= 15 is 0 Å². The Morgan fingerprint density at radius 3 is 2.88 bits per heavy atom. The minimum atomic E-state index is -0.455. The van der Waals surface area contributed by atoms with E-state index in [9.17, 15) is 9.59 Å². The van der Waals surface area contributed by atoms with E-state index in [0.717, 1.165) is 16.9 Å². The number of amides is 2. The van der Waals surface area contributed by atoms with Crippen molar-refractivity contribution in [3.8, 4) is 11.5 Å². The van der Waals surface area contributed by atoms with Crippen molar-refractivity contribution in [3.05, 3.63) is 53.6 Å². The van der Waals surface area contributed by atoms with E-state index in [2.05, 4.69) is 5.32 Å². The predicted octanol–water partition coefficient (Wildman–Crippen LogP) is 2.50. The number of nitrogens with one attached hydrogen (secondary N) is 1. The van der Waals surface area contributed by atoms with Crippen molar-refractivity contribution in [1.82, 2.24) is 4.90 Å². The zero-order chi connectivity index (χ0) is 17.4. The van der Waals surface area contributed by atoms with Crippen molar-refractivity contribution < 1.29 is 19.1 Å². The minimum absolute atomic E-state index is 0.0695. The van der Waals surface area contributed by atoms with Crippen LogP contribution in [0.15, 0.2) is 42.5 Å². The number of benzene rings is 2. The first kappa shape index (κ1) is 15.5. The van der Waals surface area contributed by atoms with E-state index in [1.54, 1.807) is 11.9 Å². The number of anilines is 1. The molecule has 0 aliphatic carbocycles. The van der Waals surface area contributed by atoms with Gasteiger partial charge >= 0.3 is 0 Å². The van der Waals surface area contributed by atoms with Crippen LogP contribution in [0.4, 0.5) is 5.69 Å². The maximum absolute atomic E-state index is 12.9. The number of carbonyl (C=O) groups excluding carboxylic acids is 2. The second-order valence-corrected chi connectivity index (χ2v) is 6.27. The van der Waals surface area contributed by atoms with Gasteiger partial charge in [0.05, 0.1) is 5.92 Å². The third-order valence-electron chi connectivity index (χ3n) is 4.53. The molecular weight excluding hydrogens is 320 g/mol. The highest BCUT2D eigenvalue weighted by molar-refractivity contribution is 6.01. The standard InChI is InChI=1S/C19H18N2O4/c1-21(10-12-6-7-16-17(8-12)25-11-24-16)19(23)14-9-18(22)20-15-5-3-2-4-13(14)15/h2-8,14H,9-11H2,1H3,(H,20,22)/t14-/m0/s1. The van der Waals surface area contributed by atoms with Gasteiger partial charge in [-0.25, -0.2) is 0 Å². The number of nitrogens with zero attached hydrogens (tertiary/aromatic N) is 1. The summed E-state index contributed by atoms with van der Waals surface area (Å²) in [5, 5.41) is 2.82. The van der Waals surface area contributed by atoms with Crippen molar-refractivity contribution in [2.24, 2.45) is 0 Å². The molecule has 0 unspecified atom stereocenters. The third kappa shape index (κ3) is 2.91. The highest BCUT2D eigenvalue weighted by Gasteiger charge is 2.32. The molecule has 2 aromatic rings. The van der Waals surface area contributed by atoms with Crippen LogP contribution in [-0.2, 0) is 16.1 Å². The van der Waals surface area contributed by atoms with Gasteiger partial charge in [-0.05, 0) is 29.3 Å². The lowest BCUT2D eigenvalue weighted by Crippen LogP contribution is -2.36. The van der Waals surface area contributed by atoms with Gasteiger partial charge in [0.25, 0.3) is 0 Å². The molecule has 1 N–H and O–H groups in total. The number of para-hydroxylation sites is 1. The first-order valence-corrected chi connectivity index (χ1v) is 8.14. The van der Waals surface area contributed by atoms with E-state index < -0.39 is 5.92 Å². The summed E-state index contributed by atoms with van der Waals surface area (Å²) in [6.45, 7) is 0.664. The average molecular weight is 338 g/mol. The fraction of sp³-hybridized carbons (Fsp3) is 0.263. The monoisotopic (exact) mass is 338 g/mol. The maximum Gasteiger partial charge on any atom is 0.231 e. The summed E-state index contributed by atoms with van der Waals surface area (Å²) in [6.07, 6.45) is 0.168. The summed E-state index contributed by atoms with van der Waals surface area (Å²) in [4.78, 5) is 26.5. The van der Waals surface area contributed by atoms with Gasteiger partial charge < -0.3 is 19.7 Å². The van der Waals surface area contributed by atoms with E-state index in [1.165, 1.54) is 0 Å². The number of fused-ring (bicyclic) bond motifs is 2. The fourth-order valence-electron chi connectivity index (χ4n) is 3.29. The Bertz CT molecular complexity index is 849. The predicted molar refractivity (Wildman–Crippen MR) is 91.5 cm³/mol. The summed E-state index contributed by atoms with van der Waals surface area (Å²) < 4.78 is 10.7. The molecule has 128 valence electrons. The van der Waals surface area contributed by atoms with Crippen LogP contribution >= 0.6 is 0 Å². The van der Waals surface area contributed by atoms with Crippen molar-refractivity contribution in [3.63, 3.8) is 0 Å². The quantitative estimate of drug-likeness (QED) is 0.934. The maximum atomic E-state index is 12.9. The Kier molecular flexibility index (Phi) is 3.80. The number of ether oxygens (including phenoxy) is 2. The highest BCUT2D eigenvalue weighted by atomic mass is 16.7. The summed E-state index contributed by atoms with van der Waals surface area (Å²) in [5.41, 5.74) is 2.53. The molecule has 0 radical (unpaired) electrons. The molecule has 25 heavy (non-hydrogen) atoms. The van der Waals surface area contributed by atoms with E-state index in [1.807, 2.05) is 42.5 Å². The van der Waals surface area contributed by atoms with Crippen LogP contribution in [0, 0.1) is 0 Å². The summed E-state index contributed by atoms with van der Waals surface area (Å²) in [6, 6.07) is 13.1. The van der Waals surface area contributed by atoms with E-state index in [0.29, 0.717) is 18.0 Å². The Hall–Kier alpha value is -3.02. The van der Waals surface area contributed by atoms with Crippen LogP contribution in [0.5, 0.6) is 11.5 Å². The summed E-state index contributed by atoms with van der Waals surface area (Å²) in [5.74, 6) is 0.758. The van der Waals surface area contributed by atoms with Gasteiger partial charge in [0.2, 0.25) is 18.6 Å². The molecule has 2 aromatic carbocycles. The van der Waals surface area contributed by atoms with Gasteiger partial charge in [0, 0.05) is 25.7 Å². The largest absolute Gasteiger partial charge is 0.454 e. The highest BCUT2D eigenvalue weighted by Crippen LogP contribution is 2.35. The number of likely N-dealkylation sites (N-methyl/N-ethyl adjacent to an activating group) is 1. The smallest absolute Gasteiger partial charge is 0.231 e. The zero-order valence-corrected chi connectivity index (χ0v) is 13.8. The fourth-order valence-corrected chi connectivity index (χ4v) is 3.29. The molecule has 2 heterocycles. The molecule has 0 bridgehead atoms. The zero-order valence-electron chi connectivity index (χ0n) is 13.8. The minimum Gasteiger partial charge on any atom is -0.454 e.